The van der Waals surface area contributed by atoms with Crippen molar-refractivity contribution in [2.75, 3.05) is 26.2 Å². The first-order chi connectivity index (χ1) is 10.4. The fourth-order valence-corrected chi connectivity index (χ4v) is 3.70. The summed E-state index contributed by atoms with van der Waals surface area (Å²) < 4.78 is 24.6. The summed E-state index contributed by atoms with van der Waals surface area (Å²) in [6.07, 6.45) is -2.32. The number of carbonyl (C=O) groups is 1. The maximum Gasteiger partial charge on any atom is 0.251 e. The van der Waals surface area contributed by atoms with Gasteiger partial charge in [-0.3, -0.25) is 9.69 Å². The molecule has 22 heavy (non-hydrogen) atoms. The third-order valence-corrected chi connectivity index (χ3v) is 4.73. The van der Waals surface area contributed by atoms with Crippen molar-refractivity contribution in [3.8, 4) is 0 Å². The van der Waals surface area contributed by atoms with Crippen LogP contribution < -0.4 is 0 Å². The number of halogens is 2. The monoisotopic (exact) mass is 308 g/mol. The average Bonchev–Trinajstić information content (AvgIpc) is 2.40. The van der Waals surface area contributed by atoms with E-state index in [9.17, 15) is 13.6 Å². The fourth-order valence-electron chi connectivity index (χ4n) is 3.70. The molecule has 1 aromatic rings. The highest BCUT2D eigenvalue weighted by Crippen LogP contribution is 2.49. The van der Waals surface area contributed by atoms with Crippen LogP contribution in [0.5, 0.6) is 0 Å². The molecule has 0 aromatic heterocycles. The topological polar surface area (TPSA) is 23.6 Å². The summed E-state index contributed by atoms with van der Waals surface area (Å²) in [6, 6.07) is 10.1. The van der Waals surface area contributed by atoms with E-state index >= 15 is 0 Å². The van der Waals surface area contributed by atoms with E-state index in [2.05, 4.69) is 26.0 Å². The maximum absolute atomic E-state index is 12.6. The molecular formula is C17H22F2N2O. The van der Waals surface area contributed by atoms with Crippen LogP contribution in [0.15, 0.2) is 30.3 Å². The van der Waals surface area contributed by atoms with E-state index in [-0.39, 0.29) is 29.8 Å². The van der Waals surface area contributed by atoms with Gasteiger partial charge in [-0.25, -0.2) is 8.78 Å². The molecule has 0 N–H and O–H groups in total. The smallest absolute Gasteiger partial charge is 0.251 e. The molecule has 0 bridgehead atoms. The standard InChI is InChI=1S/C17H22F2N2O/c1-17(2)11-21(15(17)12-6-4-3-5-7-12)16(22)13-8-20(9-13)10-14(18)19/h3-7,13-15H,8-11H2,1-2H3. The first kappa shape index (κ1) is 15.4. The maximum atomic E-state index is 12.6. The number of likely N-dealkylation sites (tertiary alicyclic amines) is 2. The molecule has 3 nitrogen and oxygen atoms in total. The third kappa shape index (κ3) is 2.74. The highest BCUT2D eigenvalue weighted by molar-refractivity contribution is 5.82. The quantitative estimate of drug-likeness (QED) is 0.854. The Labute approximate surface area is 129 Å². The van der Waals surface area contributed by atoms with Gasteiger partial charge in [0, 0.05) is 25.0 Å². The predicted octanol–water partition coefficient (Wildman–Crippen LogP) is 2.79. The lowest BCUT2D eigenvalue weighted by molar-refractivity contribution is -0.163. The lowest BCUT2D eigenvalue weighted by Crippen LogP contribution is -2.63. The highest BCUT2D eigenvalue weighted by Gasteiger charge is 2.51. The van der Waals surface area contributed by atoms with Crippen molar-refractivity contribution in [1.29, 1.82) is 0 Å². The van der Waals surface area contributed by atoms with Gasteiger partial charge in [0.2, 0.25) is 5.91 Å². The van der Waals surface area contributed by atoms with Gasteiger partial charge in [0.15, 0.2) is 0 Å². The van der Waals surface area contributed by atoms with Gasteiger partial charge >= 0.3 is 0 Å². The molecule has 1 atom stereocenters. The lowest BCUT2D eigenvalue weighted by atomic mass is 9.71. The van der Waals surface area contributed by atoms with E-state index in [0.29, 0.717) is 13.1 Å². The average molecular weight is 308 g/mol. The van der Waals surface area contributed by atoms with Gasteiger partial charge in [0.05, 0.1) is 18.5 Å². The number of carbonyl (C=O) groups excluding carboxylic acids is 1. The number of amides is 1. The minimum absolute atomic E-state index is 0.0589. The first-order valence-electron chi connectivity index (χ1n) is 7.74. The van der Waals surface area contributed by atoms with Gasteiger partial charge in [-0.05, 0) is 5.56 Å². The van der Waals surface area contributed by atoms with E-state index in [1.807, 2.05) is 23.1 Å². The van der Waals surface area contributed by atoms with Gasteiger partial charge in [-0.15, -0.1) is 0 Å². The summed E-state index contributed by atoms with van der Waals surface area (Å²) in [4.78, 5) is 16.2. The molecule has 0 saturated carbocycles. The number of benzene rings is 1. The van der Waals surface area contributed by atoms with Gasteiger partial charge in [-0.2, -0.15) is 0 Å². The largest absolute Gasteiger partial charge is 0.334 e. The first-order valence-corrected chi connectivity index (χ1v) is 7.74. The lowest BCUT2D eigenvalue weighted by Gasteiger charge is -2.56. The second-order valence-electron chi connectivity index (χ2n) is 7.07. The summed E-state index contributed by atoms with van der Waals surface area (Å²) in [5, 5.41) is 0. The van der Waals surface area contributed by atoms with Crippen LogP contribution in [-0.2, 0) is 4.79 Å². The molecule has 0 spiro atoms. The Kier molecular flexibility index (Phi) is 3.93. The zero-order valence-corrected chi connectivity index (χ0v) is 13.0. The van der Waals surface area contributed by atoms with Gasteiger partial charge in [0.25, 0.3) is 6.43 Å². The van der Waals surface area contributed by atoms with Crippen LogP contribution in [0.4, 0.5) is 8.78 Å². The number of alkyl halides is 2. The Morgan fingerprint density at radius 2 is 1.91 bits per heavy atom. The van der Waals surface area contributed by atoms with Gasteiger partial charge in [0.1, 0.15) is 0 Å². The molecular weight excluding hydrogens is 286 g/mol. The molecule has 2 heterocycles. The summed E-state index contributed by atoms with van der Waals surface area (Å²) in [6.45, 7) is 5.76. The molecule has 1 aromatic carbocycles. The highest BCUT2D eigenvalue weighted by atomic mass is 19.3. The summed E-state index contributed by atoms with van der Waals surface area (Å²) in [7, 11) is 0. The molecule has 2 aliphatic heterocycles. The van der Waals surface area contributed by atoms with Crippen molar-refractivity contribution in [3.63, 3.8) is 0 Å². The second-order valence-corrected chi connectivity index (χ2v) is 7.07. The van der Waals surface area contributed by atoms with E-state index < -0.39 is 6.43 Å². The Morgan fingerprint density at radius 3 is 2.45 bits per heavy atom. The van der Waals surface area contributed by atoms with E-state index in [1.165, 1.54) is 0 Å². The van der Waals surface area contributed by atoms with Crippen molar-refractivity contribution in [2.45, 2.75) is 26.3 Å². The molecule has 1 unspecified atom stereocenters. The minimum atomic E-state index is -2.32. The molecule has 2 fully saturated rings. The van der Waals surface area contributed by atoms with Crippen LogP contribution in [0.25, 0.3) is 0 Å². The van der Waals surface area contributed by atoms with Crippen molar-refractivity contribution in [1.82, 2.24) is 9.80 Å². The zero-order chi connectivity index (χ0) is 15.9. The number of hydrogen-bond donors (Lipinski definition) is 0. The van der Waals surface area contributed by atoms with Crippen molar-refractivity contribution >= 4 is 5.91 Å². The van der Waals surface area contributed by atoms with Crippen LogP contribution in [0, 0.1) is 11.3 Å². The van der Waals surface area contributed by atoms with Crippen molar-refractivity contribution in [2.24, 2.45) is 11.3 Å². The Balaban J connectivity index is 1.64. The SMILES string of the molecule is CC1(C)CN(C(=O)C2CN(CC(F)F)C2)C1c1ccccc1. The Hall–Kier alpha value is -1.49. The zero-order valence-electron chi connectivity index (χ0n) is 13.0. The van der Waals surface area contributed by atoms with Gasteiger partial charge < -0.3 is 4.90 Å². The molecule has 0 aliphatic carbocycles. The fraction of sp³-hybridized carbons (Fsp3) is 0.588. The number of rotatable bonds is 4. The minimum Gasteiger partial charge on any atom is -0.334 e. The second kappa shape index (κ2) is 5.61. The van der Waals surface area contributed by atoms with E-state index in [4.69, 9.17) is 0 Å². The molecule has 5 heteroatoms. The summed E-state index contributed by atoms with van der Waals surface area (Å²) in [5.74, 6) is -0.0141. The van der Waals surface area contributed by atoms with E-state index in [0.717, 1.165) is 12.1 Å². The molecule has 2 saturated heterocycles. The number of nitrogens with zero attached hydrogens (tertiary/aromatic N) is 2. The van der Waals surface area contributed by atoms with Crippen LogP contribution in [0.1, 0.15) is 25.5 Å². The molecule has 3 rings (SSSR count). The molecule has 2 aliphatic rings. The van der Waals surface area contributed by atoms with Crippen molar-refractivity contribution < 1.29 is 13.6 Å². The normalized spacial score (nSPS) is 25.0. The van der Waals surface area contributed by atoms with Crippen LogP contribution in [0.3, 0.4) is 0 Å². The van der Waals surface area contributed by atoms with E-state index in [1.54, 1.807) is 4.90 Å². The number of hydrogen-bond acceptors (Lipinski definition) is 2. The van der Waals surface area contributed by atoms with Crippen LogP contribution in [-0.4, -0.2) is 48.3 Å². The summed E-state index contributed by atoms with van der Waals surface area (Å²) in [5.41, 5.74) is 1.21. The Morgan fingerprint density at radius 1 is 1.27 bits per heavy atom. The van der Waals surface area contributed by atoms with Crippen LogP contribution in [0.2, 0.25) is 0 Å². The van der Waals surface area contributed by atoms with Crippen LogP contribution >= 0.6 is 0 Å². The molecule has 0 radical (unpaired) electrons. The molecule has 1 amide bonds. The van der Waals surface area contributed by atoms with Crippen molar-refractivity contribution in [3.05, 3.63) is 35.9 Å². The third-order valence-electron chi connectivity index (χ3n) is 4.73. The summed E-state index contributed by atoms with van der Waals surface area (Å²) >= 11 is 0. The Bertz CT molecular complexity index is 541. The van der Waals surface area contributed by atoms with Gasteiger partial charge in [-0.1, -0.05) is 44.2 Å². The predicted molar refractivity (Wildman–Crippen MR) is 80.6 cm³/mol. The molecule has 120 valence electrons.